The molecule has 0 saturated heterocycles. The lowest BCUT2D eigenvalue weighted by Crippen LogP contribution is -2.31. The average Bonchev–Trinajstić information content (AvgIpc) is 2.75. The van der Waals surface area contributed by atoms with Gasteiger partial charge in [0.2, 0.25) is 6.79 Å². The first-order valence-corrected chi connectivity index (χ1v) is 4.74. The van der Waals surface area contributed by atoms with Gasteiger partial charge < -0.3 is 25.2 Å². The van der Waals surface area contributed by atoms with Crippen molar-refractivity contribution in [3.8, 4) is 17.2 Å². The summed E-state index contributed by atoms with van der Waals surface area (Å²) in [6.07, 6.45) is -0.509. The quantitative estimate of drug-likeness (QED) is 0.345. The van der Waals surface area contributed by atoms with Crippen molar-refractivity contribution in [3.05, 3.63) is 18.2 Å². The number of ether oxygens (including phenoxy) is 3. The summed E-state index contributed by atoms with van der Waals surface area (Å²) < 4.78 is 15.8. The number of hydrogen-bond acceptors (Lipinski definition) is 5. The summed E-state index contributed by atoms with van der Waals surface area (Å²) in [6, 6.07) is 5.18. The minimum atomic E-state index is -0.509. The highest BCUT2D eigenvalue weighted by Crippen LogP contribution is 2.35. The molecule has 6 heteroatoms. The van der Waals surface area contributed by atoms with E-state index >= 15 is 0 Å². The van der Waals surface area contributed by atoms with Crippen LogP contribution in [0, 0.1) is 0 Å². The van der Waals surface area contributed by atoms with Crippen LogP contribution in [0.3, 0.4) is 0 Å². The molecule has 0 fully saturated rings. The summed E-state index contributed by atoms with van der Waals surface area (Å²) >= 11 is 0. The van der Waals surface area contributed by atoms with E-state index in [1.807, 2.05) is 0 Å². The molecule has 0 aliphatic carbocycles. The number of rotatable bonds is 3. The second-order valence-corrected chi connectivity index (χ2v) is 3.30. The fraction of sp³-hybridized carbons (Fsp3) is 0.300. The average molecular weight is 224 g/mol. The van der Waals surface area contributed by atoms with Crippen molar-refractivity contribution in [1.29, 1.82) is 0 Å². The SMILES string of the molecule is CC(Oc1ccc2c(c1)OCO2)C(N)=NO. The molecule has 1 aliphatic rings. The Kier molecular flexibility index (Phi) is 2.72. The van der Waals surface area contributed by atoms with E-state index in [1.165, 1.54) is 0 Å². The molecule has 6 nitrogen and oxygen atoms in total. The van der Waals surface area contributed by atoms with Gasteiger partial charge >= 0.3 is 0 Å². The second kappa shape index (κ2) is 4.18. The molecule has 2 rings (SSSR count). The molecule has 0 amide bonds. The first-order chi connectivity index (χ1) is 7.70. The molecule has 86 valence electrons. The van der Waals surface area contributed by atoms with Crippen LogP contribution in [0.4, 0.5) is 0 Å². The first-order valence-electron chi connectivity index (χ1n) is 4.74. The van der Waals surface area contributed by atoms with Crippen molar-refractivity contribution < 1.29 is 19.4 Å². The standard InChI is InChI=1S/C10H12N2O4/c1-6(10(11)12-13)16-7-2-3-8-9(4-7)15-5-14-8/h2-4,6,13H,5H2,1H3,(H2,11,12). The van der Waals surface area contributed by atoms with Crippen LogP contribution >= 0.6 is 0 Å². The van der Waals surface area contributed by atoms with Crippen molar-refractivity contribution >= 4 is 5.84 Å². The monoisotopic (exact) mass is 224 g/mol. The van der Waals surface area contributed by atoms with Crippen LogP contribution < -0.4 is 19.9 Å². The number of oxime groups is 1. The zero-order chi connectivity index (χ0) is 11.5. The summed E-state index contributed by atoms with van der Waals surface area (Å²) in [6.45, 7) is 1.90. The molecule has 0 spiro atoms. The number of hydrogen-bond donors (Lipinski definition) is 2. The highest BCUT2D eigenvalue weighted by molar-refractivity contribution is 5.84. The number of amidine groups is 1. The Labute approximate surface area is 92.2 Å². The van der Waals surface area contributed by atoms with E-state index in [0.717, 1.165) is 0 Å². The maximum Gasteiger partial charge on any atom is 0.231 e. The summed E-state index contributed by atoms with van der Waals surface area (Å²) in [5.74, 6) is 1.90. The van der Waals surface area contributed by atoms with Gasteiger partial charge in [-0.2, -0.15) is 0 Å². The predicted octanol–water partition coefficient (Wildman–Crippen LogP) is 0.929. The van der Waals surface area contributed by atoms with Crippen LogP contribution in [0.15, 0.2) is 23.4 Å². The van der Waals surface area contributed by atoms with Crippen LogP contribution in [-0.2, 0) is 0 Å². The van der Waals surface area contributed by atoms with Crippen molar-refractivity contribution in [2.75, 3.05) is 6.79 Å². The van der Waals surface area contributed by atoms with E-state index in [-0.39, 0.29) is 12.6 Å². The number of benzene rings is 1. The Balaban J connectivity index is 2.11. The number of nitrogens with two attached hydrogens (primary N) is 1. The van der Waals surface area contributed by atoms with Gasteiger partial charge in [-0.3, -0.25) is 0 Å². The lowest BCUT2D eigenvalue weighted by molar-refractivity contribution is 0.173. The molecule has 1 unspecified atom stereocenters. The lowest BCUT2D eigenvalue weighted by Gasteiger charge is -2.13. The normalized spacial score (nSPS) is 15.9. The fourth-order valence-corrected chi connectivity index (χ4v) is 1.30. The summed E-state index contributed by atoms with van der Waals surface area (Å²) in [5, 5.41) is 11.3. The zero-order valence-corrected chi connectivity index (χ0v) is 8.71. The Morgan fingerprint density at radius 3 is 3.00 bits per heavy atom. The fourth-order valence-electron chi connectivity index (χ4n) is 1.30. The van der Waals surface area contributed by atoms with Crippen LogP contribution in [0.25, 0.3) is 0 Å². The maximum absolute atomic E-state index is 8.48. The van der Waals surface area contributed by atoms with E-state index in [9.17, 15) is 0 Å². The third-order valence-electron chi connectivity index (χ3n) is 2.19. The first kappa shape index (κ1) is 10.4. The van der Waals surface area contributed by atoms with E-state index in [0.29, 0.717) is 17.2 Å². The Morgan fingerprint density at radius 2 is 2.25 bits per heavy atom. The van der Waals surface area contributed by atoms with E-state index in [1.54, 1.807) is 25.1 Å². The molecule has 0 bridgehead atoms. The van der Waals surface area contributed by atoms with Gasteiger partial charge in [-0.1, -0.05) is 5.16 Å². The lowest BCUT2D eigenvalue weighted by atomic mass is 10.3. The predicted molar refractivity (Wildman–Crippen MR) is 56.1 cm³/mol. The maximum atomic E-state index is 8.48. The van der Waals surface area contributed by atoms with Gasteiger partial charge in [0.1, 0.15) is 5.75 Å². The largest absolute Gasteiger partial charge is 0.483 e. The van der Waals surface area contributed by atoms with E-state index < -0.39 is 6.10 Å². The molecule has 0 aromatic heterocycles. The molecule has 1 aliphatic heterocycles. The van der Waals surface area contributed by atoms with Gasteiger partial charge in [0, 0.05) is 6.07 Å². The molecule has 3 N–H and O–H groups in total. The van der Waals surface area contributed by atoms with Crippen LogP contribution in [0.5, 0.6) is 17.2 Å². The van der Waals surface area contributed by atoms with Gasteiger partial charge in [0.25, 0.3) is 0 Å². The summed E-state index contributed by atoms with van der Waals surface area (Å²) in [7, 11) is 0. The Morgan fingerprint density at radius 1 is 1.50 bits per heavy atom. The second-order valence-electron chi connectivity index (χ2n) is 3.30. The Hall–Kier alpha value is -2.11. The smallest absolute Gasteiger partial charge is 0.231 e. The highest BCUT2D eigenvalue weighted by atomic mass is 16.7. The molecule has 1 aromatic rings. The van der Waals surface area contributed by atoms with Crippen LogP contribution in [0.1, 0.15) is 6.92 Å². The van der Waals surface area contributed by atoms with Crippen molar-refractivity contribution in [2.45, 2.75) is 13.0 Å². The van der Waals surface area contributed by atoms with Gasteiger partial charge in [-0.25, -0.2) is 0 Å². The van der Waals surface area contributed by atoms with Crippen LogP contribution in [-0.4, -0.2) is 23.9 Å². The number of fused-ring (bicyclic) bond motifs is 1. The van der Waals surface area contributed by atoms with Gasteiger partial charge in [0.05, 0.1) is 0 Å². The summed E-state index contributed by atoms with van der Waals surface area (Å²) in [4.78, 5) is 0. The molecule has 0 radical (unpaired) electrons. The van der Waals surface area contributed by atoms with E-state index in [4.69, 9.17) is 25.2 Å². The zero-order valence-electron chi connectivity index (χ0n) is 8.71. The minimum Gasteiger partial charge on any atom is -0.483 e. The Bertz CT molecular complexity index is 419. The van der Waals surface area contributed by atoms with Gasteiger partial charge in [0.15, 0.2) is 23.4 Å². The minimum absolute atomic E-state index is 0.0117. The van der Waals surface area contributed by atoms with Gasteiger partial charge in [-0.15, -0.1) is 0 Å². The third-order valence-corrected chi connectivity index (χ3v) is 2.19. The molecule has 0 saturated carbocycles. The molecular formula is C10H12N2O4. The molecule has 1 atom stereocenters. The molecule has 1 heterocycles. The van der Waals surface area contributed by atoms with Crippen LogP contribution in [0.2, 0.25) is 0 Å². The molecule has 16 heavy (non-hydrogen) atoms. The summed E-state index contributed by atoms with van der Waals surface area (Å²) in [5.41, 5.74) is 5.40. The van der Waals surface area contributed by atoms with E-state index in [2.05, 4.69) is 5.16 Å². The highest BCUT2D eigenvalue weighted by Gasteiger charge is 2.15. The third kappa shape index (κ3) is 1.95. The topological polar surface area (TPSA) is 86.3 Å². The molecular weight excluding hydrogens is 212 g/mol. The van der Waals surface area contributed by atoms with Crippen molar-refractivity contribution in [3.63, 3.8) is 0 Å². The molecule has 1 aromatic carbocycles. The van der Waals surface area contributed by atoms with Crippen molar-refractivity contribution in [1.82, 2.24) is 0 Å². The van der Waals surface area contributed by atoms with Gasteiger partial charge in [-0.05, 0) is 19.1 Å². The van der Waals surface area contributed by atoms with Crippen molar-refractivity contribution in [2.24, 2.45) is 10.9 Å². The number of nitrogens with zero attached hydrogens (tertiary/aromatic N) is 1.